The number of aliphatic hydroxyl groups excluding tert-OH is 1. The Morgan fingerprint density at radius 1 is 1.13 bits per heavy atom. The molecule has 0 bridgehead atoms. The minimum atomic E-state index is 0.106. The lowest BCUT2D eigenvalue weighted by Gasteiger charge is -2.18. The third-order valence-corrected chi connectivity index (χ3v) is 4.95. The van der Waals surface area contributed by atoms with Gasteiger partial charge in [0.2, 0.25) is 0 Å². The van der Waals surface area contributed by atoms with Gasteiger partial charge in [0.05, 0.1) is 0 Å². The predicted molar refractivity (Wildman–Crippen MR) is 95.9 cm³/mol. The zero-order valence-electron chi connectivity index (χ0n) is 14.2. The van der Waals surface area contributed by atoms with Crippen molar-refractivity contribution in [3.63, 3.8) is 0 Å². The molecule has 1 aromatic carbocycles. The van der Waals surface area contributed by atoms with Gasteiger partial charge in [0.25, 0.3) is 0 Å². The normalized spacial score (nSPS) is 27.0. The summed E-state index contributed by atoms with van der Waals surface area (Å²) in [4.78, 5) is 2.47. The Morgan fingerprint density at radius 3 is 2.65 bits per heavy atom. The van der Waals surface area contributed by atoms with Crippen molar-refractivity contribution in [3.8, 4) is 0 Å². The standard InChI is InChI=1S/C21H27NO/c1-21(2)11-6-9-18(10-12-21)20-15-22(14-19(20)16-23)13-17-7-4-3-5-8-17/h3-12,19-20,23H,13-16H2,1-2H3. The Balaban J connectivity index is 1.73. The molecule has 2 nitrogen and oxygen atoms in total. The van der Waals surface area contributed by atoms with E-state index in [4.69, 9.17) is 0 Å². The second-order valence-electron chi connectivity index (χ2n) is 7.41. The number of benzene rings is 1. The largest absolute Gasteiger partial charge is 0.396 e. The average molecular weight is 309 g/mol. The van der Waals surface area contributed by atoms with Gasteiger partial charge in [-0.2, -0.15) is 0 Å². The van der Waals surface area contributed by atoms with Gasteiger partial charge in [-0.05, 0) is 11.1 Å². The molecule has 0 saturated carbocycles. The lowest BCUT2D eigenvalue weighted by molar-refractivity contribution is 0.208. The highest BCUT2D eigenvalue weighted by Crippen LogP contribution is 2.33. The van der Waals surface area contributed by atoms with Gasteiger partial charge in [0.1, 0.15) is 0 Å². The van der Waals surface area contributed by atoms with E-state index in [0.717, 1.165) is 19.6 Å². The highest BCUT2D eigenvalue weighted by molar-refractivity contribution is 5.34. The number of hydrogen-bond donors (Lipinski definition) is 1. The van der Waals surface area contributed by atoms with Crippen LogP contribution in [0.15, 0.2) is 66.3 Å². The smallest absolute Gasteiger partial charge is 0.0477 e. The number of hydrogen-bond acceptors (Lipinski definition) is 2. The molecule has 2 heteroatoms. The summed E-state index contributed by atoms with van der Waals surface area (Å²) >= 11 is 0. The third kappa shape index (κ3) is 4.01. The van der Waals surface area contributed by atoms with E-state index in [1.54, 1.807) is 0 Å². The molecule has 1 aliphatic carbocycles. The van der Waals surface area contributed by atoms with Crippen LogP contribution in [0.4, 0.5) is 0 Å². The molecule has 2 unspecified atom stereocenters. The quantitative estimate of drug-likeness (QED) is 0.914. The average Bonchev–Trinajstić information content (AvgIpc) is 2.85. The van der Waals surface area contributed by atoms with E-state index in [2.05, 4.69) is 79.5 Å². The third-order valence-electron chi connectivity index (χ3n) is 4.95. The minimum absolute atomic E-state index is 0.106. The molecular formula is C21H27NO. The molecule has 1 aromatic rings. The molecule has 0 aromatic heterocycles. The van der Waals surface area contributed by atoms with Crippen molar-refractivity contribution in [1.82, 2.24) is 4.90 Å². The molecule has 3 rings (SSSR count). The van der Waals surface area contributed by atoms with Gasteiger partial charge in [-0.1, -0.05) is 74.6 Å². The Kier molecular flexibility index (Phi) is 4.84. The summed E-state index contributed by atoms with van der Waals surface area (Å²) in [7, 11) is 0. The zero-order valence-corrected chi connectivity index (χ0v) is 14.2. The van der Waals surface area contributed by atoms with Crippen molar-refractivity contribution in [3.05, 3.63) is 71.8 Å². The van der Waals surface area contributed by atoms with Crippen molar-refractivity contribution in [1.29, 1.82) is 0 Å². The first-order valence-electron chi connectivity index (χ1n) is 8.53. The van der Waals surface area contributed by atoms with E-state index >= 15 is 0 Å². The fourth-order valence-corrected chi connectivity index (χ4v) is 3.57. The minimum Gasteiger partial charge on any atom is -0.396 e. The van der Waals surface area contributed by atoms with Crippen LogP contribution in [0.5, 0.6) is 0 Å². The van der Waals surface area contributed by atoms with E-state index < -0.39 is 0 Å². The van der Waals surface area contributed by atoms with Crippen LogP contribution in [0, 0.1) is 17.3 Å². The van der Waals surface area contributed by atoms with Crippen LogP contribution < -0.4 is 0 Å². The molecule has 2 aliphatic rings. The van der Waals surface area contributed by atoms with Crippen LogP contribution in [-0.4, -0.2) is 29.7 Å². The van der Waals surface area contributed by atoms with Crippen LogP contribution in [0.1, 0.15) is 19.4 Å². The van der Waals surface area contributed by atoms with Gasteiger partial charge in [0.15, 0.2) is 0 Å². The van der Waals surface area contributed by atoms with Gasteiger partial charge in [-0.25, -0.2) is 0 Å². The van der Waals surface area contributed by atoms with Gasteiger partial charge in [-0.3, -0.25) is 4.90 Å². The molecule has 1 aliphatic heterocycles. The Bertz CT molecular complexity index is 612. The monoisotopic (exact) mass is 309 g/mol. The zero-order chi connectivity index (χ0) is 16.3. The predicted octanol–water partition coefficient (Wildman–Crippen LogP) is 3.81. The molecule has 1 N–H and O–H groups in total. The van der Waals surface area contributed by atoms with E-state index in [1.165, 1.54) is 11.1 Å². The number of likely N-dealkylation sites (tertiary alicyclic amines) is 1. The topological polar surface area (TPSA) is 23.5 Å². The van der Waals surface area contributed by atoms with Crippen molar-refractivity contribution >= 4 is 0 Å². The molecule has 1 fully saturated rings. The van der Waals surface area contributed by atoms with Gasteiger partial charge in [-0.15, -0.1) is 0 Å². The number of nitrogens with zero attached hydrogens (tertiary/aromatic N) is 1. The fourth-order valence-electron chi connectivity index (χ4n) is 3.57. The molecule has 1 saturated heterocycles. The first kappa shape index (κ1) is 16.2. The molecule has 23 heavy (non-hydrogen) atoms. The Labute approximate surface area is 139 Å². The van der Waals surface area contributed by atoms with Crippen molar-refractivity contribution in [2.24, 2.45) is 17.3 Å². The lowest BCUT2D eigenvalue weighted by Crippen LogP contribution is -2.20. The maximum absolute atomic E-state index is 9.83. The molecule has 2 atom stereocenters. The van der Waals surface area contributed by atoms with Crippen LogP contribution in [0.2, 0.25) is 0 Å². The summed E-state index contributed by atoms with van der Waals surface area (Å²) in [6.07, 6.45) is 11.2. The summed E-state index contributed by atoms with van der Waals surface area (Å²) in [5.74, 6) is 0.739. The Morgan fingerprint density at radius 2 is 1.91 bits per heavy atom. The lowest BCUT2D eigenvalue weighted by atomic mass is 9.87. The summed E-state index contributed by atoms with van der Waals surface area (Å²) in [6, 6.07) is 10.6. The summed E-state index contributed by atoms with van der Waals surface area (Å²) in [5.41, 5.74) is 2.80. The molecule has 0 radical (unpaired) electrons. The second kappa shape index (κ2) is 6.86. The fraction of sp³-hybridized carbons (Fsp3) is 0.429. The maximum atomic E-state index is 9.83. The number of aliphatic hydroxyl groups is 1. The van der Waals surface area contributed by atoms with E-state index in [0.29, 0.717) is 11.8 Å². The number of rotatable bonds is 4. The molecule has 0 spiro atoms. The highest BCUT2D eigenvalue weighted by atomic mass is 16.3. The SMILES string of the molecule is CC1(C)C=CC=C(C2CN(Cc3ccccc3)CC2CO)C=C1. The highest BCUT2D eigenvalue weighted by Gasteiger charge is 2.34. The van der Waals surface area contributed by atoms with Gasteiger partial charge < -0.3 is 5.11 Å². The van der Waals surface area contributed by atoms with Gasteiger partial charge >= 0.3 is 0 Å². The molecule has 0 amide bonds. The van der Waals surface area contributed by atoms with Crippen LogP contribution in [0.3, 0.4) is 0 Å². The van der Waals surface area contributed by atoms with Crippen molar-refractivity contribution in [2.45, 2.75) is 20.4 Å². The first-order valence-corrected chi connectivity index (χ1v) is 8.53. The molecule has 1 heterocycles. The molecule has 122 valence electrons. The van der Waals surface area contributed by atoms with Crippen LogP contribution in [-0.2, 0) is 6.54 Å². The second-order valence-corrected chi connectivity index (χ2v) is 7.41. The molecular weight excluding hydrogens is 282 g/mol. The van der Waals surface area contributed by atoms with E-state index in [9.17, 15) is 5.11 Å². The van der Waals surface area contributed by atoms with Crippen molar-refractivity contribution < 1.29 is 5.11 Å². The Hall–Kier alpha value is -1.64. The van der Waals surface area contributed by atoms with Crippen LogP contribution in [0.25, 0.3) is 0 Å². The maximum Gasteiger partial charge on any atom is 0.0477 e. The summed E-state index contributed by atoms with van der Waals surface area (Å²) in [6.45, 7) is 7.65. The van der Waals surface area contributed by atoms with Gasteiger partial charge in [0, 0.05) is 43.5 Å². The van der Waals surface area contributed by atoms with E-state index in [-0.39, 0.29) is 12.0 Å². The van der Waals surface area contributed by atoms with E-state index in [1.807, 2.05) is 0 Å². The first-order chi connectivity index (χ1) is 11.1. The summed E-state index contributed by atoms with van der Waals surface area (Å²) in [5, 5.41) is 9.83. The number of allylic oxidation sites excluding steroid dienone is 5. The summed E-state index contributed by atoms with van der Waals surface area (Å²) < 4.78 is 0. The van der Waals surface area contributed by atoms with Crippen LogP contribution >= 0.6 is 0 Å². The van der Waals surface area contributed by atoms with Crippen molar-refractivity contribution in [2.75, 3.05) is 19.7 Å².